The van der Waals surface area contributed by atoms with E-state index in [0.717, 1.165) is 43.4 Å². The maximum atomic E-state index is 11.1. The van der Waals surface area contributed by atoms with Crippen molar-refractivity contribution in [1.29, 1.82) is 0 Å². The lowest BCUT2D eigenvalue weighted by molar-refractivity contribution is -0.141. The Morgan fingerprint density at radius 3 is 1.65 bits per heavy atom. The first kappa shape index (κ1) is 24.3. The van der Waals surface area contributed by atoms with Crippen molar-refractivity contribution in [3.8, 4) is 0 Å². The minimum Gasteiger partial charge on any atom is -0.481 e. The number of carboxylic acids is 1. The van der Waals surface area contributed by atoms with Crippen molar-refractivity contribution in [2.75, 3.05) is 0 Å². The van der Waals surface area contributed by atoms with E-state index in [0.29, 0.717) is 12.8 Å². The summed E-state index contributed by atoms with van der Waals surface area (Å²) in [5, 5.41) is 9.14. The number of allylic oxidation sites excluding steroid dienone is 10. The molecular weight excluding hydrogens is 340 g/mol. The Morgan fingerprint density at radius 1 is 0.846 bits per heavy atom. The van der Waals surface area contributed by atoms with Gasteiger partial charge < -0.3 is 5.11 Å². The summed E-state index contributed by atoms with van der Waals surface area (Å²) in [6.45, 7) is 3.95. The fourth-order valence-corrected chi connectivity index (χ4v) is 2.53. The lowest BCUT2D eigenvalue weighted by Crippen LogP contribution is -2.15. The van der Waals surface area contributed by atoms with Gasteiger partial charge in [0.05, 0.1) is 5.92 Å². The van der Waals surface area contributed by atoms with Gasteiger partial charge in [-0.05, 0) is 63.2 Å². The first-order chi connectivity index (χ1) is 12.6. The van der Waals surface area contributed by atoms with Crippen LogP contribution in [0, 0.1) is 5.92 Å². The van der Waals surface area contributed by atoms with Crippen LogP contribution in [0.1, 0.15) is 65.2 Å². The second-order valence-corrected chi connectivity index (χ2v) is 6.92. The molecule has 1 atom stereocenters. The topological polar surface area (TPSA) is 37.3 Å². The second kappa shape index (κ2) is 18.1. The number of carbonyl (C=O) groups is 1. The average molecular weight is 375 g/mol. The molecule has 0 aliphatic rings. The number of thiocarbonyl (C=S) groups is 1. The minimum atomic E-state index is -0.749. The van der Waals surface area contributed by atoms with Crippen LogP contribution in [0.25, 0.3) is 0 Å². The molecule has 0 rings (SSSR count). The molecule has 0 heterocycles. The fourth-order valence-electron chi connectivity index (χ4n) is 2.33. The number of aliphatic carboxylic acids is 1. The summed E-state index contributed by atoms with van der Waals surface area (Å²) < 4.78 is 0. The van der Waals surface area contributed by atoms with Crippen LogP contribution < -0.4 is 0 Å². The minimum absolute atomic E-state index is 0.352. The van der Waals surface area contributed by atoms with Gasteiger partial charge in [0.25, 0.3) is 0 Å². The van der Waals surface area contributed by atoms with Gasteiger partial charge >= 0.3 is 5.97 Å². The number of hydrogen-bond donors (Lipinski definition) is 1. The molecule has 0 aromatic rings. The Balaban J connectivity index is 3.75. The molecule has 0 radical (unpaired) electrons. The zero-order valence-electron chi connectivity index (χ0n) is 16.3. The van der Waals surface area contributed by atoms with E-state index < -0.39 is 5.97 Å². The molecule has 0 spiro atoms. The molecule has 0 aromatic heterocycles. The summed E-state index contributed by atoms with van der Waals surface area (Å²) in [7, 11) is 0. The highest BCUT2D eigenvalue weighted by Gasteiger charge is 2.16. The summed E-state index contributed by atoms with van der Waals surface area (Å²) in [6.07, 6.45) is 28.5. The van der Waals surface area contributed by atoms with Gasteiger partial charge in [0.15, 0.2) is 0 Å². The Bertz CT molecular complexity index is 524. The van der Waals surface area contributed by atoms with Crippen molar-refractivity contribution < 1.29 is 9.90 Å². The van der Waals surface area contributed by atoms with Gasteiger partial charge in [-0.2, -0.15) is 0 Å². The molecule has 1 N–H and O–H groups in total. The molecule has 0 saturated carbocycles. The monoisotopic (exact) mass is 374 g/mol. The van der Waals surface area contributed by atoms with Crippen LogP contribution in [-0.2, 0) is 4.79 Å². The highest BCUT2D eigenvalue weighted by molar-refractivity contribution is 7.80. The quantitative estimate of drug-likeness (QED) is 0.248. The van der Waals surface area contributed by atoms with Crippen molar-refractivity contribution in [2.24, 2.45) is 5.92 Å². The van der Waals surface area contributed by atoms with Crippen LogP contribution >= 0.6 is 12.2 Å². The Labute approximate surface area is 165 Å². The molecule has 2 nitrogen and oxygen atoms in total. The average Bonchev–Trinajstić information content (AvgIpc) is 2.59. The molecule has 0 aliphatic heterocycles. The van der Waals surface area contributed by atoms with Gasteiger partial charge in [0, 0.05) is 0 Å². The van der Waals surface area contributed by atoms with Gasteiger partial charge in [-0.15, -0.1) is 0 Å². The third kappa shape index (κ3) is 17.1. The van der Waals surface area contributed by atoms with Crippen molar-refractivity contribution in [2.45, 2.75) is 65.2 Å². The van der Waals surface area contributed by atoms with E-state index >= 15 is 0 Å². The maximum absolute atomic E-state index is 11.1. The Kier molecular flexibility index (Phi) is 16.9. The van der Waals surface area contributed by atoms with Crippen molar-refractivity contribution >= 4 is 23.1 Å². The maximum Gasteiger partial charge on any atom is 0.306 e. The molecule has 3 heteroatoms. The summed E-state index contributed by atoms with van der Waals surface area (Å²) in [5.41, 5.74) is 0. The molecule has 0 aromatic carbocycles. The van der Waals surface area contributed by atoms with Crippen LogP contribution in [0.15, 0.2) is 60.8 Å². The Hall–Kier alpha value is -1.74. The zero-order chi connectivity index (χ0) is 19.5. The molecule has 26 heavy (non-hydrogen) atoms. The van der Waals surface area contributed by atoms with Crippen LogP contribution in [0.2, 0.25) is 0 Å². The largest absolute Gasteiger partial charge is 0.481 e. The lowest BCUT2D eigenvalue weighted by Gasteiger charge is -2.09. The molecule has 0 bridgehead atoms. The van der Waals surface area contributed by atoms with Crippen LogP contribution in [0.5, 0.6) is 0 Å². The van der Waals surface area contributed by atoms with Crippen molar-refractivity contribution in [1.82, 2.24) is 0 Å². The molecule has 1 unspecified atom stereocenters. The van der Waals surface area contributed by atoms with E-state index in [2.05, 4.69) is 67.7 Å². The van der Waals surface area contributed by atoms with Crippen molar-refractivity contribution in [3.05, 3.63) is 60.8 Å². The van der Waals surface area contributed by atoms with E-state index in [4.69, 9.17) is 17.3 Å². The van der Waals surface area contributed by atoms with E-state index in [9.17, 15) is 4.79 Å². The first-order valence-corrected chi connectivity index (χ1v) is 9.96. The highest BCUT2D eigenvalue weighted by atomic mass is 32.1. The first-order valence-electron chi connectivity index (χ1n) is 9.55. The summed E-state index contributed by atoms with van der Waals surface area (Å²) >= 11 is 5.00. The smallest absolute Gasteiger partial charge is 0.306 e. The molecule has 0 fully saturated rings. The highest BCUT2D eigenvalue weighted by Crippen LogP contribution is 2.13. The third-order valence-electron chi connectivity index (χ3n) is 3.72. The Morgan fingerprint density at radius 2 is 1.27 bits per heavy atom. The molecular formula is C23H34O2S. The summed E-state index contributed by atoms with van der Waals surface area (Å²) in [4.78, 5) is 11.9. The van der Waals surface area contributed by atoms with E-state index in [1.54, 1.807) is 0 Å². The standard InChI is InChI=1S/C23H34O2S/c1-3-4-5-6-7-8-9-10-11-12-13-14-15-16-17-18-19-22(23(24)25)20-21(2)26/h4-5,7-8,10-11,13-14,16-17,22H,3,6,9,12,15,18-20H2,1-2H3,(H,24,25). The fraction of sp³-hybridized carbons (Fsp3) is 0.478. The van der Waals surface area contributed by atoms with Gasteiger partial charge in [-0.3, -0.25) is 4.79 Å². The van der Waals surface area contributed by atoms with Crippen LogP contribution in [0.4, 0.5) is 0 Å². The van der Waals surface area contributed by atoms with E-state index in [-0.39, 0.29) is 5.92 Å². The van der Waals surface area contributed by atoms with Gasteiger partial charge in [-0.1, -0.05) is 79.9 Å². The summed E-state index contributed by atoms with van der Waals surface area (Å²) in [6, 6.07) is 0. The van der Waals surface area contributed by atoms with Gasteiger partial charge in [0.2, 0.25) is 0 Å². The van der Waals surface area contributed by atoms with E-state index in [1.165, 1.54) is 0 Å². The van der Waals surface area contributed by atoms with Gasteiger partial charge in [0.1, 0.15) is 0 Å². The molecule has 144 valence electrons. The predicted octanol–water partition coefficient (Wildman–Crippen LogP) is 7.00. The predicted molar refractivity (Wildman–Crippen MR) is 118 cm³/mol. The second-order valence-electron chi connectivity index (χ2n) is 6.23. The van der Waals surface area contributed by atoms with Crippen LogP contribution in [-0.4, -0.2) is 15.9 Å². The van der Waals surface area contributed by atoms with Gasteiger partial charge in [-0.25, -0.2) is 0 Å². The normalized spacial score (nSPS) is 13.8. The summed E-state index contributed by atoms with van der Waals surface area (Å²) in [5.74, 6) is -1.10. The molecule has 0 saturated heterocycles. The third-order valence-corrected chi connectivity index (χ3v) is 3.89. The number of hydrogen-bond acceptors (Lipinski definition) is 2. The number of rotatable bonds is 15. The number of carboxylic acid groups (broad SMARTS) is 1. The molecule has 0 amide bonds. The lowest BCUT2D eigenvalue weighted by atomic mass is 9.98. The molecule has 0 aliphatic carbocycles. The van der Waals surface area contributed by atoms with E-state index in [1.807, 2.05) is 6.92 Å². The van der Waals surface area contributed by atoms with Crippen molar-refractivity contribution in [3.63, 3.8) is 0 Å². The zero-order valence-corrected chi connectivity index (χ0v) is 17.1. The van der Waals surface area contributed by atoms with Crippen LogP contribution in [0.3, 0.4) is 0 Å². The SMILES string of the molecule is CCC=CCC=CCC=CCC=CCC=CCCC(CC(C)=S)C(=O)O.